The molecular formula is C46H37ClN4O5. The lowest BCUT2D eigenvalue weighted by Gasteiger charge is -2.12. The van der Waals surface area contributed by atoms with Crippen LogP contribution in [-0.4, -0.2) is 30.2 Å². The number of nitrogens with zero attached hydrogens (tertiary/aromatic N) is 4. The van der Waals surface area contributed by atoms with Crippen LogP contribution >= 0.6 is 11.6 Å². The van der Waals surface area contributed by atoms with Gasteiger partial charge in [0.15, 0.2) is 0 Å². The summed E-state index contributed by atoms with van der Waals surface area (Å²) in [6, 6.07) is 39.4. The van der Waals surface area contributed by atoms with Crippen LogP contribution in [0.15, 0.2) is 149 Å². The molecule has 0 bridgehead atoms. The van der Waals surface area contributed by atoms with Gasteiger partial charge in [0, 0.05) is 85.0 Å². The van der Waals surface area contributed by atoms with Crippen molar-refractivity contribution in [2.75, 3.05) is 0 Å². The number of ether oxygens (including phenoxy) is 1. The molecule has 8 rings (SSSR count). The van der Waals surface area contributed by atoms with E-state index in [2.05, 4.69) is 0 Å². The van der Waals surface area contributed by atoms with E-state index in [9.17, 15) is 19.2 Å². The van der Waals surface area contributed by atoms with Crippen molar-refractivity contribution in [1.29, 1.82) is 0 Å². The average Bonchev–Trinajstić information content (AvgIpc) is 3.62. The van der Waals surface area contributed by atoms with Crippen molar-refractivity contribution in [3.8, 4) is 22.3 Å². The minimum Gasteiger partial charge on any atom is -0.390 e. The lowest BCUT2D eigenvalue weighted by Crippen LogP contribution is -2.22. The predicted molar refractivity (Wildman–Crippen MR) is 220 cm³/mol. The molecule has 0 unspecified atom stereocenters. The second-order valence-electron chi connectivity index (χ2n) is 13.9. The summed E-state index contributed by atoms with van der Waals surface area (Å²) in [5, 5.41) is 2.23. The van der Waals surface area contributed by atoms with Gasteiger partial charge < -0.3 is 23.0 Å². The van der Waals surface area contributed by atoms with Gasteiger partial charge in [-0.25, -0.2) is 9.59 Å². The third-order valence-electron chi connectivity index (χ3n) is 10.3. The first-order valence-electron chi connectivity index (χ1n) is 18.2. The van der Waals surface area contributed by atoms with Crippen LogP contribution in [0.1, 0.15) is 22.5 Å². The first-order chi connectivity index (χ1) is 27.1. The van der Waals surface area contributed by atoms with E-state index in [1.807, 2.05) is 132 Å². The summed E-state index contributed by atoms with van der Waals surface area (Å²) in [4.78, 5) is 52.8. The normalized spacial score (nSPS) is 11.3. The molecule has 4 aromatic heterocycles. The van der Waals surface area contributed by atoms with Crippen molar-refractivity contribution >= 4 is 45.3 Å². The van der Waals surface area contributed by atoms with Gasteiger partial charge in [-0.3, -0.25) is 9.59 Å². The van der Waals surface area contributed by atoms with E-state index in [1.54, 1.807) is 33.4 Å². The zero-order valence-corrected chi connectivity index (χ0v) is 31.6. The number of rotatable bonds is 10. The number of aromatic nitrogens is 4. The number of pyridine rings is 2. The standard InChI is InChI=1S/C46H37ClN4O5/c1-30-45(34-17-21-41(52)48(26-34)24-32-11-5-3-6-12-32)37-15-9-10-16-39(37)50(30)28-43(54)56-44(55)29-51-31(2)46(38-23-36(47)19-20-40(38)51)35-18-22-42(53)49(27-35)25-33-13-7-4-8-14-33/h3-23,26-27H,24-25,28-29H2,1-2H3. The largest absolute Gasteiger partial charge is 0.390 e. The first-order valence-corrected chi connectivity index (χ1v) is 18.6. The number of para-hydroxylation sites is 1. The molecular weight excluding hydrogens is 724 g/mol. The van der Waals surface area contributed by atoms with Crippen LogP contribution in [0.25, 0.3) is 44.1 Å². The minimum atomic E-state index is -0.715. The van der Waals surface area contributed by atoms with E-state index in [1.165, 1.54) is 6.07 Å². The fraction of sp³-hybridized carbons (Fsp3) is 0.130. The molecule has 4 aromatic carbocycles. The smallest absolute Gasteiger partial charge is 0.333 e. The molecule has 0 aliphatic rings. The Balaban J connectivity index is 1.06. The van der Waals surface area contributed by atoms with Gasteiger partial charge in [0.25, 0.3) is 11.1 Å². The minimum absolute atomic E-state index is 0.117. The molecule has 278 valence electrons. The van der Waals surface area contributed by atoms with Gasteiger partial charge in [-0.05, 0) is 61.4 Å². The maximum atomic E-state index is 13.5. The molecule has 9 nitrogen and oxygen atoms in total. The molecule has 8 aromatic rings. The van der Waals surface area contributed by atoms with Gasteiger partial charge in [0.05, 0.1) is 13.1 Å². The number of fused-ring (bicyclic) bond motifs is 2. The molecule has 0 spiro atoms. The van der Waals surface area contributed by atoms with Crippen molar-refractivity contribution in [2.45, 2.75) is 40.0 Å². The number of hydrogen-bond acceptors (Lipinski definition) is 5. The van der Waals surface area contributed by atoms with Crippen LogP contribution in [0.3, 0.4) is 0 Å². The Morgan fingerprint density at radius 3 is 1.55 bits per heavy atom. The molecule has 10 heteroatoms. The highest BCUT2D eigenvalue weighted by atomic mass is 35.5. The van der Waals surface area contributed by atoms with Gasteiger partial charge in [-0.15, -0.1) is 0 Å². The summed E-state index contributed by atoms with van der Waals surface area (Å²) >= 11 is 6.48. The lowest BCUT2D eigenvalue weighted by molar-refractivity contribution is -0.160. The van der Waals surface area contributed by atoms with Gasteiger partial charge in [0.2, 0.25) is 0 Å². The fourth-order valence-electron chi connectivity index (χ4n) is 7.64. The Labute approximate surface area is 327 Å². The molecule has 0 aliphatic carbocycles. The Morgan fingerprint density at radius 2 is 1.02 bits per heavy atom. The van der Waals surface area contributed by atoms with E-state index >= 15 is 0 Å². The number of halogens is 1. The topological polar surface area (TPSA) is 97.2 Å². The molecule has 0 saturated carbocycles. The SMILES string of the molecule is Cc1c(-c2ccc(=O)n(Cc3ccccc3)c2)c2ccccc2n1CC(=O)OC(=O)Cn1c(C)c(-c2ccc(=O)n(Cc3ccccc3)c2)c2cc(Cl)ccc21. The highest BCUT2D eigenvalue weighted by Crippen LogP contribution is 2.37. The van der Waals surface area contributed by atoms with E-state index in [0.717, 1.165) is 66.6 Å². The van der Waals surface area contributed by atoms with Gasteiger partial charge in [-0.1, -0.05) is 90.5 Å². The summed E-state index contributed by atoms with van der Waals surface area (Å²) in [6.07, 6.45) is 3.67. The molecule has 0 aliphatic heterocycles. The van der Waals surface area contributed by atoms with Crippen LogP contribution < -0.4 is 11.1 Å². The zero-order valence-electron chi connectivity index (χ0n) is 30.8. The van der Waals surface area contributed by atoms with Crippen LogP contribution in [0, 0.1) is 13.8 Å². The summed E-state index contributed by atoms with van der Waals surface area (Å²) in [5.41, 5.74) is 8.15. The van der Waals surface area contributed by atoms with E-state index < -0.39 is 11.9 Å². The lowest BCUT2D eigenvalue weighted by atomic mass is 10.0. The molecule has 4 heterocycles. The summed E-state index contributed by atoms with van der Waals surface area (Å²) < 4.78 is 12.5. The molecule has 56 heavy (non-hydrogen) atoms. The van der Waals surface area contributed by atoms with Crippen LogP contribution in [-0.2, 0) is 40.5 Å². The third kappa shape index (κ3) is 7.12. The van der Waals surface area contributed by atoms with Crippen LogP contribution in [0.5, 0.6) is 0 Å². The molecule has 0 fully saturated rings. The summed E-state index contributed by atoms with van der Waals surface area (Å²) in [5.74, 6) is -1.42. The van der Waals surface area contributed by atoms with Gasteiger partial charge in [0.1, 0.15) is 13.1 Å². The second kappa shape index (κ2) is 15.2. The van der Waals surface area contributed by atoms with E-state index in [4.69, 9.17) is 16.3 Å². The summed E-state index contributed by atoms with van der Waals surface area (Å²) in [7, 11) is 0. The van der Waals surface area contributed by atoms with Crippen molar-refractivity contribution in [3.05, 3.63) is 188 Å². The van der Waals surface area contributed by atoms with Crippen LogP contribution in [0.4, 0.5) is 0 Å². The molecule has 0 N–H and O–H groups in total. The molecule has 0 atom stereocenters. The van der Waals surface area contributed by atoms with Crippen molar-refractivity contribution in [2.24, 2.45) is 0 Å². The van der Waals surface area contributed by atoms with Crippen molar-refractivity contribution in [1.82, 2.24) is 18.3 Å². The molecule has 0 amide bonds. The number of esters is 2. The summed E-state index contributed by atoms with van der Waals surface area (Å²) in [6.45, 7) is 4.21. The number of hydrogen-bond donors (Lipinski definition) is 0. The highest BCUT2D eigenvalue weighted by molar-refractivity contribution is 6.31. The van der Waals surface area contributed by atoms with Crippen molar-refractivity contribution in [3.63, 3.8) is 0 Å². The fourth-order valence-corrected chi connectivity index (χ4v) is 7.81. The molecule has 0 saturated heterocycles. The van der Waals surface area contributed by atoms with E-state index in [0.29, 0.717) is 18.1 Å². The zero-order chi connectivity index (χ0) is 38.9. The predicted octanol–water partition coefficient (Wildman–Crippen LogP) is 8.39. The quantitative estimate of drug-likeness (QED) is 0.103. The Hall–Kier alpha value is -6.71. The first kappa shape index (κ1) is 36.3. The Morgan fingerprint density at radius 1 is 0.554 bits per heavy atom. The third-order valence-corrected chi connectivity index (χ3v) is 10.5. The maximum absolute atomic E-state index is 13.5. The second-order valence-corrected chi connectivity index (χ2v) is 14.3. The van der Waals surface area contributed by atoms with Crippen LogP contribution in [0.2, 0.25) is 5.02 Å². The average molecular weight is 761 g/mol. The van der Waals surface area contributed by atoms with Gasteiger partial charge >= 0.3 is 11.9 Å². The highest BCUT2D eigenvalue weighted by Gasteiger charge is 2.23. The Bertz CT molecular complexity index is 2900. The van der Waals surface area contributed by atoms with Crippen molar-refractivity contribution < 1.29 is 14.3 Å². The number of carbonyl (C=O) groups excluding carboxylic acids is 2. The van der Waals surface area contributed by atoms with E-state index in [-0.39, 0.29) is 24.2 Å². The monoisotopic (exact) mass is 760 g/mol. The Kier molecular flexibility index (Phi) is 9.85. The van der Waals surface area contributed by atoms with Gasteiger partial charge in [-0.2, -0.15) is 0 Å². The number of carbonyl (C=O) groups is 2. The maximum Gasteiger partial charge on any atom is 0.333 e. The number of benzene rings is 4. The molecule has 0 radical (unpaired) electrons.